The lowest BCUT2D eigenvalue weighted by molar-refractivity contribution is -0.132. The van der Waals surface area contributed by atoms with Crippen LogP contribution in [0.2, 0.25) is 0 Å². The molecule has 6 nitrogen and oxygen atoms in total. The second-order valence-corrected chi connectivity index (χ2v) is 12.5. The van der Waals surface area contributed by atoms with Crippen LogP contribution in [0.4, 0.5) is 0 Å². The van der Waals surface area contributed by atoms with Gasteiger partial charge in [-0.15, -0.1) is 0 Å². The summed E-state index contributed by atoms with van der Waals surface area (Å²) in [6.07, 6.45) is 35.9. The summed E-state index contributed by atoms with van der Waals surface area (Å²) in [6, 6.07) is -1.01. The number of carbonyl (C=O) groups excluding carboxylic acids is 1. The van der Waals surface area contributed by atoms with Crippen LogP contribution >= 0.6 is 0 Å². The summed E-state index contributed by atoms with van der Waals surface area (Å²) < 4.78 is 0. The first-order valence-electron chi connectivity index (χ1n) is 18.4. The Labute approximate surface area is 271 Å². The van der Waals surface area contributed by atoms with Crippen LogP contribution < -0.4 is 5.32 Å². The van der Waals surface area contributed by atoms with Gasteiger partial charge in [0.1, 0.15) is 12.2 Å². The molecular weight excluding hydrogens is 550 g/mol. The summed E-state index contributed by atoms with van der Waals surface area (Å²) in [6.45, 7) is 3.97. The first-order valence-corrected chi connectivity index (χ1v) is 18.4. The molecule has 0 rings (SSSR count). The Hall–Kier alpha value is -1.47. The number of hydrogen-bond donors (Lipinski definition) is 5. The lowest BCUT2D eigenvalue weighted by Crippen LogP contribution is -2.53. The van der Waals surface area contributed by atoms with Gasteiger partial charge in [-0.1, -0.05) is 140 Å². The zero-order valence-electron chi connectivity index (χ0n) is 28.6. The SMILES string of the molecule is CCCCC/C=C/CC/C=C/CC/C=C/CCCC(O)C(O)C(CO)NC(=O)C(O)CCCCCCCCCCCCCC. The van der Waals surface area contributed by atoms with Gasteiger partial charge >= 0.3 is 0 Å². The Morgan fingerprint density at radius 3 is 1.43 bits per heavy atom. The van der Waals surface area contributed by atoms with Crippen LogP contribution in [0.5, 0.6) is 0 Å². The van der Waals surface area contributed by atoms with Gasteiger partial charge in [-0.2, -0.15) is 0 Å². The summed E-state index contributed by atoms with van der Waals surface area (Å²) >= 11 is 0. The average molecular weight is 622 g/mol. The summed E-state index contributed by atoms with van der Waals surface area (Å²) in [7, 11) is 0. The highest BCUT2D eigenvalue weighted by molar-refractivity contribution is 5.80. The largest absolute Gasteiger partial charge is 0.394 e. The highest BCUT2D eigenvalue weighted by atomic mass is 16.3. The minimum Gasteiger partial charge on any atom is -0.394 e. The number of rotatable bonds is 32. The van der Waals surface area contributed by atoms with Gasteiger partial charge in [0, 0.05) is 0 Å². The average Bonchev–Trinajstić information content (AvgIpc) is 3.03. The van der Waals surface area contributed by atoms with Gasteiger partial charge in [0.15, 0.2) is 0 Å². The van der Waals surface area contributed by atoms with Gasteiger partial charge in [0.05, 0.1) is 18.8 Å². The smallest absolute Gasteiger partial charge is 0.249 e. The summed E-state index contributed by atoms with van der Waals surface area (Å²) in [4.78, 5) is 12.4. The van der Waals surface area contributed by atoms with E-state index in [9.17, 15) is 25.2 Å². The van der Waals surface area contributed by atoms with Crippen molar-refractivity contribution in [1.82, 2.24) is 5.32 Å². The van der Waals surface area contributed by atoms with Crippen LogP contribution in [0.25, 0.3) is 0 Å². The van der Waals surface area contributed by atoms with Gasteiger partial charge in [0.2, 0.25) is 5.91 Å². The third-order valence-electron chi connectivity index (χ3n) is 8.31. The van der Waals surface area contributed by atoms with Crippen LogP contribution in [-0.2, 0) is 4.79 Å². The van der Waals surface area contributed by atoms with E-state index >= 15 is 0 Å². The molecule has 0 spiro atoms. The third-order valence-corrected chi connectivity index (χ3v) is 8.31. The molecule has 0 fully saturated rings. The molecule has 258 valence electrons. The number of unbranched alkanes of at least 4 members (excludes halogenated alkanes) is 17. The molecule has 44 heavy (non-hydrogen) atoms. The normalized spacial score (nSPS) is 15.0. The Bertz CT molecular complexity index is 707. The lowest BCUT2D eigenvalue weighted by Gasteiger charge is -2.27. The standard InChI is InChI=1S/C38H71NO5/c1-3-5-7-9-11-13-15-17-18-19-20-22-23-25-27-29-31-35(41)37(43)34(33-40)39-38(44)36(42)32-30-28-26-24-21-16-14-12-10-8-6-4-2/h11,13,18-19,23,25,34-37,40-43H,3-10,12,14-17,20-22,24,26-33H2,1-2H3,(H,39,44)/b13-11+,19-18+,25-23+. The fourth-order valence-electron chi connectivity index (χ4n) is 5.32. The van der Waals surface area contributed by atoms with E-state index in [-0.39, 0.29) is 0 Å². The van der Waals surface area contributed by atoms with Crippen molar-refractivity contribution < 1.29 is 25.2 Å². The quantitative estimate of drug-likeness (QED) is 0.0382. The molecule has 0 aromatic heterocycles. The van der Waals surface area contributed by atoms with Crippen molar-refractivity contribution in [2.75, 3.05) is 6.61 Å². The highest BCUT2D eigenvalue weighted by Gasteiger charge is 2.28. The van der Waals surface area contributed by atoms with Gasteiger partial charge < -0.3 is 25.7 Å². The number of carbonyl (C=O) groups is 1. The van der Waals surface area contributed by atoms with Crippen molar-refractivity contribution >= 4 is 5.91 Å². The van der Waals surface area contributed by atoms with Crippen molar-refractivity contribution in [3.05, 3.63) is 36.5 Å². The van der Waals surface area contributed by atoms with E-state index in [0.717, 1.165) is 51.4 Å². The van der Waals surface area contributed by atoms with E-state index in [1.54, 1.807) is 0 Å². The van der Waals surface area contributed by atoms with E-state index in [1.165, 1.54) is 83.5 Å². The molecule has 0 aromatic rings. The van der Waals surface area contributed by atoms with Crippen LogP contribution in [0.15, 0.2) is 36.5 Å². The third kappa shape index (κ3) is 26.9. The van der Waals surface area contributed by atoms with Crippen molar-refractivity contribution in [1.29, 1.82) is 0 Å². The molecule has 0 saturated heterocycles. The number of hydrogen-bond acceptors (Lipinski definition) is 5. The topological polar surface area (TPSA) is 110 Å². The van der Waals surface area contributed by atoms with Crippen molar-refractivity contribution in [3.8, 4) is 0 Å². The molecule has 0 heterocycles. The molecular formula is C38H71NO5. The van der Waals surface area contributed by atoms with Crippen LogP contribution in [0.3, 0.4) is 0 Å². The molecule has 0 radical (unpaired) electrons. The van der Waals surface area contributed by atoms with E-state index in [1.807, 2.05) is 0 Å². The summed E-state index contributed by atoms with van der Waals surface area (Å²) in [5, 5.41) is 43.3. The Balaban J connectivity index is 3.92. The molecule has 0 aliphatic heterocycles. The minimum atomic E-state index is -1.29. The Morgan fingerprint density at radius 1 is 0.545 bits per heavy atom. The molecule has 0 saturated carbocycles. The predicted molar refractivity (Wildman–Crippen MR) is 187 cm³/mol. The summed E-state index contributed by atoms with van der Waals surface area (Å²) in [5.74, 6) is -0.603. The first kappa shape index (κ1) is 42.5. The van der Waals surface area contributed by atoms with Gasteiger partial charge in [-0.3, -0.25) is 4.79 Å². The van der Waals surface area contributed by atoms with Crippen molar-refractivity contribution in [3.63, 3.8) is 0 Å². The van der Waals surface area contributed by atoms with Gasteiger partial charge in [0.25, 0.3) is 0 Å². The molecule has 0 aliphatic carbocycles. The monoisotopic (exact) mass is 622 g/mol. The molecule has 4 unspecified atom stereocenters. The van der Waals surface area contributed by atoms with Gasteiger partial charge in [-0.25, -0.2) is 0 Å². The zero-order valence-corrected chi connectivity index (χ0v) is 28.6. The molecule has 0 bridgehead atoms. The Morgan fingerprint density at radius 2 is 0.955 bits per heavy atom. The maximum absolute atomic E-state index is 12.4. The van der Waals surface area contributed by atoms with Crippen molar-refractivity contribution in [2.24, 2.45) is 0 Å². The van der Waals surface area contributed by atoms with Crippen molar-refractivity contribution in [2.45, 2.75) is 192 Å². The molecule has 0 aromatic carbocycles. The molecule has 0 aliphatic rings. The number of aliphatic hydroxyl groups excluding tert-OH is 4. The van der Waals surface area contributed by atoms with Crippen LogP contribution in [-0.4, -0.2) is 57.3 Å². The second-order valence-electron chi connectivity index (χ2n) is 12.5. The molecule has 4 atom stereocenters. The van der Waals surface area contributed by atoms with Crippen LogP contribution in [0, 0.1) is 0 Å². The number of aliphatic hydroxyl groups is 4. The fraction of sp³-hybridized carbons (Fsp3) is 0.816. The molecule has 5 N–H and O–H groups in total. The number of amides is 1. The first-order chi connectivity index (χ1) is 21.5. The summed E-state index contributed by atoms with van der Waals surface area (Å²) in [5.41, 5.74) is 0. The predicted octanol–water partition coefficient (Wildman–Crippen LogP) is 8.62. The minimum absolute atomic E-state index is 0.360. The maximum atomic E-state index is 12.4. The fourth-order valence-corrected chi connectivity index (χ4v) is 5.32. The number of nitrogens with one attached hydrogen (secondary N) is 1. The zero-order chi connectivity index (χ0) is 32.5. The van der Waals surface area contributed by atoms with E-state index in [4.69, 9.17) is 0 Å². The van der Waals surface area contributed by atoms with E-state index < -0.39 is 36.9 Å². The van der Waals surface area contributed by atoms with E-state index in [2.05, 4.69) is 55.6 Å². The molecule has 1 amide bonds. The van der Waals surface area contributed by atoms with Crippen LogP contribution in [0.1, 0.15) is 168 Å². The molecule has 6 heteroatoms. The highest BCUT2D eigenvalue weighted by Crippen LogP contribution is 2.14. The Kier molecular flexibility index (Phi) is 31.8. The van der Waals surface area contributed by atoms with E-state index in [0.29, 0.717) is 19.3 Å². The maximum Gasteiger partial charge on any atom is 0.249 e. The van der Waals surface area contributed by atoms with Gasteiger partial charge in [-0.05, 0) is 64.2 Å². The number of allylic oxidation sites excluding steroid dienone is 6. The lowest BCUT2D eigenvalue weighted by atomic mass is 10.00. The second kappa shape index (κ2) is 32.9.